The first-order valence-electron chi connectivity index (χ1n) is 38.9. The molecular formula is C85H76F6N24O6. The Morgan fingerprint density at radius 3 is 1.05 bits per heavy atom. The standard InChI is InChI=1S/C22H20FN7O.C21H20F2N6O.C21H19F2N5O2.C21H17FN6O2/c1-28-7-9-29(10-8-28)19-5-6-30(27-19)18-11-16(26-17-13-25-22(31)21(17)18)20-14(12-24)3-2-4-15(20)23;1-27-7-9-28(10-8-27)18-5-6-29(26-18)17-11-15(19-13(22)3-2-4-14(19)23)25-16-12-24-21(30)20(16)17;22-13-2-1-3-14(23)19(13)15-10-17(20-16(25-15)11-24-21(20)30)28-9-6-18(26-28)27-7-4-12(29)5-8-27;1-2-24-18(29)8-13-6-7-28(27-13)17-9-15(26-16-11-25-21(30)20(16)17)19-12(10-23)4-3-5-14(19)22/h2-6,11H,7-10,13H2,1H3,(H,25,31);2-6,11H,7-10,12H2,1H3,(H,24,30);1-3,6,9-10,12,29H,4-5,7-8,11H2,(H,24,30);3-7,9H,2,8,11H2,1H3,(H,24,29)(H,25,30). The van der Waals surface area contributed by atoms with Crippen molar-refractivity contribution in [3.8, 4) is 79.9 Å². The van der Waals surface area contributed by atoms with Gasteiger partial charge >= 0.3 is 0 Å². The Bertz CT molecular complexity index is 5970. The van der Waals surface area contributed by atoms with Crippen molar-refractivity contribution in [1.82, 2.24) is 95.4 Å². The number of nitriles is 2. The maximum absolute atomic E-state index is 14.7. The molecule has 7 aliphatic heterocycles. The van der Waals surface area contributed by atoms with E-state index >= 15 is 0 Å². The molecule has 0 unspecified atom stereocenters. The molecule has 121 heavy (non-hydrogen) atoms. The van der Waals surface area contributed by atoms with Crippen LogP contribution >= 0.6 is 0 Å². The second-order valence-electron chi connectivity index (χ2n) is 29.4. The number of pyridine rings is 4. The first-order chi connectivity index (χ1) is 58.6. The zero-order chi connectivity index (χ0) is 84.4. The summed E-state index contributed by atoms with van der Waals surface area (Å²) in [5, 5.41) is 60.5. The fourth-order valence-corrected chi connectivity index (χ4v) is 15.4. The van der Waals surface area contributed by atoms with Crippen LogP contribution in [0, 0.1) is 57.6 Å². The molecule has 0 atom stereocenters. The van der Waals surface area contributed by atoms with Gasteiger partial charge in [0.15, 0.2) is 17.5 Å². The van der Waals surface area contributed by atoms with Crippen LogP contribution in [0.1, 0.15) is 101 Å². The number of aromatic nitrogens is 12. The van der Waals surface area contributed by atoms with E-state index in [1.54, 1.807) is 52.4 Å². The van der Waals surface area contributed by atoms with E-state index in [1.807, 2.05) is 37.3 Å². The van der Waals surface area contributed by atoms with Crippen molar-refractivity contribution < 1.29 is 55.4 Å². The number of nitrogens with zero attached hydrogens (tertiary/aromatic N) is 19. The topological polar surface area (TPSA) is 352 Å². The summed E-state index contributed by atoms with van der Waals surface area (Å²) in [5.41, 5.74) is 6.47. The minimum atomic E-state index is -0.723. The Labute approximate surface area is 687 Å². The predicted molar refractivity (Wildman–Crippen MR) is 430 cm³/mol. The lowest BCUT2D eigenvalue weighted by atomic mass is 10.0. The van der Waals surface area contributed by atoms with Crippen molar-refractivity contribution in [3.05, 3.63) is 243 Å². The van der Waals surface area contributed by atoms with Crippen LogP contribution in [0.15, 0.2) is 146 Å². The summed E-state index contributed by atoms with van der Waals surface area (Å²) in [4.78, 5) is 90.2. The van der Waals surface area contributed by atoms with Crippen molar-refractivity contribution in [2.24, 2.45) is 0 Å². The highest BCUT2D eigenvalue weighted by molar-refractivity contribution is 6.04. The summed E-state index contributed by atoms with van der Waals surface area (Å²) < 4.78 is 92.9. The Morgan fingerprint density at radius 1 is 0.421 bits per heavy atom. The highest BCUT2D eigenvalue weighted by Crippen LogP contribution is 2.38. The number of halogens is 6. The van der Waals surface area contributed by atoms with Crippen molar-refractivity contribution in [1.29, 1.82) is 10.5 Å². The van der Waals surface area contributed by atoms with Gasteiger partial charge in [-0.25, -0.2) is 65.0 Å². The van der Waals surface area contributed by atoms with Crippen LogP contribution in [0.4, 0.5) is 43.8 Å². The molecule has 12 aromatic rings. The molecule has 6 N–H and O–H groups in total. The lowest BCUT2D eigenvalue weighted by molar-refractivity contribution is -0.120. The fourth-order valence-electron chi connectivity index (χ4n) is 15.4. The van der Waals surface area contributed by atoms with Crippen LogP contribution in [0.3, 0.4) is 0 Å². The van der Waals surface area contributed by atoms with Gasteiger partial charge in [0.05, 0.1) is 180 Å². The number of piperazine rings is 2. The van der Waals surface area contributed by atoms with Gasteiger partial charge in [0.1, 0.15) is 34.9 Å². The van der Waals surface area contributed by atoms with Gasteiger partial charge in [-0.05, 0) is 113 Å². The largest absolute Gasteiger partial charge is 0.393 e. The first-order valence-corrected chi connectivity index (χ1v) is 38.9. The Hall–Kier alpha value is -14.5. The molecule has 0 radical (unpaired) electrons. The number of rotatable bonds is 14. The Morgan fingerprint density at radius 2 is 0.719 bits per heavy atom. The van der Waals surface area contributed by atoms with E-state index in [4.69, 9.17) is 5.10 Å². The number of nitrogens with one attached hydrogen (secondary N) is 5. The maximum Gasteiger partial charge on any atom is 0.255 e. The normalized spacial score (nSPS) is 15.4. The molecule has 0 bridgehead atoms. The molecule has 5 amide bonds. The van der Waals surface area contributed by atoms with Crippen LogP contribution in [0.5, 0.6) is 0 Å². The zero-order valence-corrected chi connectivity index (χ0v) is 65.4. The van der Waals surface area contributed by atoms with Gasteiger partial charge in [-0.1, -0.05) is 24.3 Å². The van der Waals surface area contributed by atoms with Gasteiger partial charge in [-0.2, -0.15) is 30.9 Å². The van der Waals surface area contributed by atoms with Crippen molar-refractivity contribution in [2.45, 2.75) is 58.5 Å². The number of hydrogen-bond donors (Lipinski definition) is 6. The quantitative estimate of drug-likeness (QED) is 0.0556. The molecule has 7 aliphatic rings. The van der Waals surface area contributed by atoms with E-state index in [1.165, 1.54) is 94.3 Å². The third kappa shape index (κ3) is 16.4. The molecular weight excluding hydrogens is 1570 g/mol. The Kier molecular flexibility index (Phi) is 22.7. The number of benzene rings is 4. The first kappa shape index (κ1) is 80.3. The molecule has 0 aliphatic carbocycles. The van der Waals surface area contributed by atoms with Gasteiger partial charge < -0.3 is 56.2 Å². The molecule has 0 spiro atoms. The average Bonchev–Trinajstić information content (AvgIpc) is 1.67. The molecule has 36 heteroatoms. The van der Waals surface area contributed by atoms with Crippen LogP contribution in [-0.2, 0) is 37.4 Å². The molecule has 4 aromatic carbocycles. The van der Waals surface area contributed by atoms with Gasteiger partial charge in [0.25, 0.3) is 23.6 Å². The smallest absolute Gasteiger partial charge is 0.255 e. The van der Waals surface area contributed by atoms with Gasteiger partial charge in [-0.15, -0.1) is 0 Å². The van der Waals surface area contributed by atoms with E-state index in [0.717, 1.165) is 64.0 Å². The summed E-state index contributed by atoms with van der Waals surface area (Å²) in [7, 11) is 4.17. The van der Waals surface area contributed by atoms with Crippen LogP contribution in [-0.4, -0.2) is 196 Å². The van der Waals surface area contributed by atoms with Crippen LogP contribution in [0.25, 0.3) is 67.8 Å². The second kappa shape index (κ2) is 34.2. The Balaban J connectivity index is 0.000000120. The van der Waals surface area contributed by atoms with Gasteiger partial charge in [0, 0.05) is 115 Å². The molecule has 19 rings (SSSR count). The molecule has 0 saturated carbocycles. The van der Waals surface area contributed by atoms with Gasteiger partial charge in [-0.3, -0.25) is 24.0 Å². The monoisotopic (exact) mass is 1640 g/mol. The van der Waals surface area contributed by atoms with Crippen LogP contribution in [0.2, 0.25) is 0 Å². The van der Waals surface area contributed by atoms with E-state index in [-0.39, 0.29) is 119 Å². The second-order valence-corrected chi connectivity index (χ2v) is 29.4. The summed E-state index contributed by atoms with van der Waals surface area (Å²) >= 11 is 0. The van der Waals surface area contributed by atoms with E-state index in [2.05, 4.69) is 100 Å². The highest BCUT2D eigenvalue weighted by Gasteiger charge is 2.35. The minimum Gasteiger partial charge on any atom is -0.393 e. The summed E-state index contributed by atoms with van der Waals surface area (Å²) in [6, 6.07) is 33.4. The number of fused-ring (bicyclic) bond motifs is 4. The maximum atomic E-state index is 14.7. The van der Waals surface area contributed by atoms with Crippen molar-refractivity contribution in [2.75, 3.05) is 101 Å². The van der Waals surface area contributed by atoms with Gasteiger partial charge in [0.2, 0.25) is 5.91 Å². The number of hydrogen-bond acceptors (Lipinski definition) is 21. The molecule has 30 nitrogen and oxygen atoms in total. The zero-order valence-electron chi connectivity index (χ0n) is 65.4. The fraction of sp³-hybridized carbons (Fsp3) is 0.259. The number of carbonyl (C=O) groups is 5. The lowest BCUT2D eigenvalue weighted by Gasteiger charge is -2.32. The molecule has 15 heterocycles. The minimum absolute atomic E-state index is 0.0677. The summed E-state index contributed by atoms with van der Waals surface area (Å²) in [6.07, 6.45) is 8.02. The number of piperidine rings is 1. The van der Waals surface area contributed by atoms with E-state index in [0.29, 0.717) is 117 Å². The predicted octanol–water partition coefficient (Wildman–Crippen LogP) is 8.43. The van der Waals surface area contributed by atoms with E-state index < -0.39 is 34.9 Å². The van der Waals surface area contributed by atoms with E-state index in [9.17, 15) is 65.9 Å². The third-order valence-corrected chi connectivity index (χ3v) is 21.6. The van der Waals surface area contributed by atoms with Crippen molar-refractivity contribution in [3.63, 3.8) is 0 Å². The molecule has 614 valence electrons. The number of amides is 5. The number of anilines is 3. The SMILES string of the molecule is CCNC(=O)Cc1ccn(-c2cc(-c3c(F)cccc3C#N)nc3c2C(=O)NC3)n1.CN1CCN(c2ccn(-c3cc(-c4c(F)cccc4C#N)nc4c3C(=O)NC4)n2)CC1.CN1CCN(c2ccn(-c3cc(-c4c(F)cccc4F)nc4c3C(=O)NC4)n2)CC1.O=C1NCc2nc(-c3c(F)cccc3F)cc(-n3ccc(N4CCC(O)CC4)n3)c21. The lowest BCUT2D eigenvalue weighted by Crippen LogP contribution is -2.44. The number of carbonyl (C=O) groups excluding carboxylic acids is 5. The number of likely N-dealkylation sites (N-methyl/N-ethyl adjacent to an activating group) is 3. The third-order valence-electron chi connectivity index (χ3n) is 21.6. The van der Waals surface area contributed by atoms with Crippen LogP contribution < -0.4 is 41.3 Å². The van der Waals surface area contributed by atoms with Crippen molar-refractivity contribution >= 4 is 47.0 Å². The summed E-state index contributed by atoms with van der Waals surface area (Å²) in [5.74, 6) is -2.93. The molecule has 8 aromatic heterocycles. The molecule has 3 fully saturated rings. The number of aliphatic hydroxyl groups is 1. The molecule has 3 saturated heterocycles. The highest BCUT2D eigenvalue weighted by atomic mass is 19.2. The average molecular weight is 1640 g/mol. The summed E-state index contributed by atoms with van der Waals surface area (Å²) in [6.45, 7) is 11.8. The number of aliphatic hydroxyl groups excluding tert-OH is 1.